The fraction of sp³-hybridized carbons (Fsp3) is 0.368. The van der Waals surface area contributed by atoms with Crippen molar-refractivity contribution in [3.8, 4) is 0 Å². The zero-order valence-electron chi connectivity index (χ0n) is 13.0. The Hall–Kier alpha value is -1.60. The van der Waals surface area contributed by atoms with Crippen molar-refractivity contribution in [2.24, 2.45) is 5.73 Å². The van der Waals surface area contributed by atoms with E-state index in [0.29, 0.717) is 6.04 Å². The van der Waals surface area contributed by atoms with Crippen LogP contribution in [-0.4, -0.2) is 6.04 Å². The van der Waals surface area contributed by atoms with Crippen molar-refractivity contribution in [3.05, 3.63) is 71.3 Å². The molecule has 0 saturated carbocycles. The maximum Gasteiger partial charge on any atom is -0.00179 e. The van der Waals surface area contributed by atoms with Crippen LogP contribution in [0.25, 0.3) is 0 Å². The lowest BCUT2D eigenvalue weighted by atomic mass is 9.97. The molecule has 0 unspecified atom stereocenters. The van der Waals surface area contributed by atoms with Gasteiger partial charge in [0, 0.05) is 0 Å². The van der Waals surface area contributed by atoms with Crippen LogP contribution in [0.5, 0.6) is 0 Å². The first-order valence-corrected chi connectivity index (χ1v) is 7.49. The first-order valence-electron chi connectivity index (χ1n) is 7.49. The molecular formula is C19H27N. The van der Waals surface area contributed by atoms with Crippen LogP contribution in [0, 0.1) is 0 Å². The van der Waals surface area contributed by atoms with Gasteiger partial charge in [0.1, 0.15) is 0 Å². The average molecular weight is 269 g/mol. The third-order valence-corrected chi connectivity index (χ3v) is 2.88. The molecule has 0 saturated heterocycles. The third-order valence-electron chi connectivity index (χ3n) is 2.88. The van der Waals surface area contributed by atoms with E-state index < -0.39 is 0 Å². The summed E-state index contributed by atoms with van der Waals surface area (Å²) in [5, 5.41) is 0. The third kappa shape index (κ3) is 6.53. The fourth-order valence-corrected chi connectivity index (χ4v) is 2.06. The Morgan fingerprint density at radius 3 is 1.90 bits per heavy atom. The molecule has 0 heterocycles. The molecule has 0 fully saturated rings. The zero-order valence-corrected chi connectivity index (χ0v) is 13.0. The quantitative estimate of drug-likeness (QED) is 0.863. The van der Waals surface area contributed by atoms with E-state index in [1.165, 1.54) is 29.5 Å². The van der Waals surface area contributed by atoms with E-state index in [-0.39, 0.29) is 0 Å². The normalized spacial score (nSPS) is 10.1. The van der Waals surface area contributed by atoms with E-state index in [9.17, 15) is 0 Å². The molecule has 0 radical (unpaired) electrons. The van der Waals surface area contributed by atoms with Gasteiger partial charge in [0.25, 0.3) is 0 Å². The minimum atomic E-state index is 0.333. The molecule has 0 aromatic heterocycles. The van der Waals surface area contributed by atoms with Gasteiger partial charge in [-0.15, -0.1) is 0 Å². The summed E-state index contributed by atoms with van der Waals surface area (Å²) in [4.78, 5) is 0. The lowest BCUT2D eigenvalue weighted by molar-refractivity contribution is 0.834. The number of aryl methyl sites for hydroxylation is 1. The molecular weight excluding hydrogens is 242 g/mol. The SMILES string of the molecule is CC(C)N.CCCc1ccccc1Cc1ccccc1. The van der Waals surface area contributed by atoms with Crippen molar-refractivity contribution in [1.82, 2.24) is 0 Å². The highest BCUT2D eigenvalue weighted by atomic mass is 14.6. The first kappa shape index (κ1) is 16.5. The molecule has 0 amide bonds. The highest BCUT2D eigenvalue weighted by Crippen LogP contribution is 2.15. The number of hydrogen-bond acceptors (Lipinski definition) is 1. The lowest BCUT2D eigenvalue weighted by Gasteiger charge is -2.08. The maximum atomic E-state index is 5.11. The van der Waals surface area contributed by atoms with E-state index in [1.807, 2.05) is 13.8 Å². The van der Waals surface area contributed by atoms with Gasteiger partial charge in [0.05, 0.1) is 0 Å². The van der Waals surface area contributed by atoms with Gasteiger partial charge in [-0.1, -0.05) is 81.8 Å². The molecule has 20 heavy (non-hydrogen) atoms. The number of benzene rings is 2. The summed E-state index contributed by atoms with van der Waals surface area (Å²) in [5.41, 5.74) is 9.47. The molecule has 0 aliphatic heterocycles. The molecule has 1 heteroatoms. The van der Waals surface area contributed by atoms with Gasteiger partial charge in [-0.25, -0.2) is 0 Å². The van der Waals surface area contributed by atoms with Crippen LogP contribution in [-0.2, 0) is 12.8 Å². The van der Waals surface area contributed by atoms with Crippen molar-refractivity contribution in [3.63, 3.8) is 0 Å². The first-order chi connectivity index (χ1) is 9.63. The van der Waals surface area contributed by atoms with E-state index in [0.717, 1.165) is 6.42 Å². The van der Waals surface area contributed by atoms with Crippen molar-refractivity contribution in [1.29, 1.82) is 0 Å². The maximum absolute atomic E-state index is 5.11. The van der Waals surface area contributed by atoms with E-state index in [4.69, 9.17) is 5.73 Å². The molecule has 2 N–H and O–H groups in total. The Balaban J connectivity index is 0.000000444. The molecule has 2 rings (SSSR count). The van der Waals surface area contributed by atoms with Gasteiger partial charge in [-0.05, 0) is 35.6 Å². The fourth-order valence-electron chi connectivity index (χ4n) is 2.06. The van der Waals surface area contributed by atoms with Crippen molar-refractivity contribution in [2.45, 2.75) is 46.1 Å². The van der Waals surface area contributed by atoms with Crippen LogP contribution in [0.2, 0.25) is 0 Å². The summed E-state index contributed by atoms with van der Waals surface area (Å²) in [5.74, 6) is 0. The summed E-state index contributed by atoms with van der Waals surface area (Å²) in [6.45, 7) is 6.12. The van der Waals surface area contributed by atoms with Gasteiger partial charge < -0.3 is 5.73 Å². The van der Waals surface area contributed by atoms with Crippen molar-refractivity contribution >= 4 is 0 Å². The Bertz CT molecular complexity index is 471. The van der Waals surface area contributed by atoms with Crippen molar-refractivity contribution in [2.75, 3.05) is 0 Å². The van der Waals surface area contributed by atoms with Crippen LogP contribution in [0.1, 0.15) is 43.9 Å². The average Bonchev–Trinajstić information content (AvgIpc) is 2.42. The predicted octanol–water partition coefficient (Wildman–Crippen LogP) is 4.58. The number of hydrogen-bond donors (Lipinski definition) is 1. The lowest BCUT2D eigenvalue weighted by Crippen LogP contribution is -2.06. The van der Waals surface area contributed by atoms with E-state index in [1.54, 1.807) is 0 Å². The monoisotopic (exact) mass is 269 g/mol. The molecule has 0 aliphatic rings. The summed E-state index contributed by atoms with van der Waals surface area (Å²) in [6.07, 6.45) is 3.45. The molecule has 0 atom stereocenters. The Morgan fingerprint density at radius 1 is 0.850 bits per heavy atom. The standard InChI is InChI=1S/C16H18.C3H9N/c1-2-8-15-11-6-7-12-16(15)13-14-9-4-3-5-10-14;1-3(2)4/h3-7,9-12H,2,8,13H2,1H3;3H,4H2,1-2H3. The van der Waals surface area contributed by atoms with Crippen molar-refractivity contribution < 1.29 is 0 Å². The smallest absolute Gasteiger partial charge is 0.00179 e. The molecule has 0 spiro atoms. The molecule has 2 aromatic rings. The summed E-state index contributed by atoms with van der Waals surface area (Å²) in [7, 11) is 0. The van der Waals surface area contributed by atoms with Crippen LogP contribution >= 0.6 is 0 Å². The minimum absolute atomic E-state index is 0.333. The van der Waals surface area contributed by atoms with Gasteiger partial charge >= 0.3 is 0 Å². The van der Waals surface area contributed by atoms with Gasteiger partial charge in [0.15, 0.2) is 0 Å². The second-order valence-corrected chi connectivity index (χ2v) is 5.43. The minimum Gasteiger partial charge on any atom is -0.328 e. The van der Waals surface area contributed by atoms with Gasteiger partial charge in [0.2, 0.25) is 0 Å². The number of rotatable bonds is 4. The number of nitrogens with two attached hydrogens (primary N) is 1. The van der Waals surface area contributed by atoms with Gasteiger partial charge in [-0.2, -0.15) is 0 Å². The zero-order chi connectivity index (χ0) is 14.8. The predicted molar refractivity (Wildman–Crippen MR) is 89.0 cm³/mol. The molecule has 1 nitrogen and oxygen atoms in total. The van der Waals surface area contributed by atoms with E-state index in [2.05, 4.69) is 61.5 Å². The van der Waals surface area contributed by atoms with Crippen LogP contribution < -0.4 is 5.73 Å². The second kappa shape index (κ2) is 9.33. The highest BCUT2D eigenvalue weighted by molar-refractivity contribution is 5.32. The molecule has 0 aliphatic carbocycles. The summed E-state index contributed by atoms with van der Waals surface area (Å²) < 4.78 is 0. The highest BCUT2D eigenvalue weighted by Gasteiger charge is 2.01. The molecule has 0 bridgehead atoms. The Kier molecular flexibility index (Phi) is 7.67. The molecule has 2 aromatic carbocycles. The molecule has 108 valence electrons. The second-order valence-electron chi connectivity index (χ2n) is 5.43. The summed E-state index contributed by atoms with van der Waals surface area (Å²) in [6, 6.07) is 19.8. The van der Waals surface area contributed by atoms with E-state index >= 15 is 0 Å². The topological polar surface area (TPSA) is 26.0 Å². The Labute approximate surface area is 123 Å². The van der Waals surface area contributed by atoms with Crippen LogP contribution in [0.3, 0.4) is 0 Å². The Morgan fingerprint density at radius 2 is 1.35 bits per heavy atom. The summed E-state index contributed by atoms with van der Waals surface area (Å²) >= 11 is 0. The van der Waals surface area contributed by atoms with Gasteiger partial charge in [-0.3, -0.25) is 0 Å². The van der Waals surface area contributed by atoms with Crippen LogP contribution in [0.4, 0.5) is 0 Å². The largest absolute Gasteiger partial charge is 0.328 e. The van der Waals surface area contributed by atoms with Crippen LogP contribution in [0.15, 0.2) is 54.6 Å².